The van der Waals surface area contributed by atoms with Crippen LogP contribution in [0.3, 0.4) is 0 Å². The summed E-state index contributed by atoms with van der Waals surface area (Å²) in [5.74, 6) is -0.684. The van der Waals surface area contributed by atoms with Gasteiger partial charge in [0.05, 0.1) is 6.61 Å². The molecule has 2 heterocycles. The van der Waals surface area contributed by atoms with E-state index in [0.717, 1.165) is 19.3 Å². The van der Waals surface area contributed by atoms with Crippen LogP contribution in [0.2, 0.25) is 0 Å². The molecule has 2 saturated heterocycles. The van der Waals surface area contributed by atoms with Crippen molar-refractivity contribution < 1.29 is 14.6 Å². The molecule has 0 bridgehead atoms. The van der Waals surface area contributed by atoms with Crippen LogP contribution in [0, 0.1) is 5.41 Å². The second-order valence-corrected chi connectivity index (χ2v) is 5.90. The third-order valence-corrected chi connectivity index (χ3v) is 4.69. The van der Waals surface area contributed by atoms with Crippen LogP contribution < -0.4 is 0 Å². The van der Waals surface area contributed by atoms with Crippen LogP contribution in [0.15, 0.2) is 0 Å². The maximum atomic E-state index is 11.7. The standard InChI is InChI=1S/C14H25NO3/c1-3-12-6-5-11(2)15(12)9-14(13(16)17)7-4-8-18-10-14/h11-12H,3-10H2,1-2H3,(H,16,17). The number of likely N-dealkylation sites (tertiary alicyclic amines) is 1. The molecular weight excluding hydrogens is 230 g/mol. The summed E-state index contributed by atoms with van der Waals surface area (Å²) in [7, 11) is 0. The highest BCUT2D eigenvalue weighted by molar-refractivity contribution is 5.75. The van der Waals surface area contributed by atoms with Crippen molar-refractivity contribution in [2.45, 2.75) is 58.0 Å². The van der Waals surface area contributed by atoms with E-state index in [1.165, 1.54) is 12.8 Å². The van der Waals surface area contributed by atoms with E-state index in [-0.39, 0.29) is 0 Å². The number of aliphatic carboxylic acids is 1. The van der Waals surface area contributed by atoms with Gasteiger partial charge in [-0.05, 0) is 39.0 Å². The minimum atomic E-state index is -0.684. The lowest BCUT2D eigenvalue weighted by Gasteiger charge is -2.39. The molecule has 2 aliphatic rings. The zero-order chi connectivity index (χ0) is 13.2. The van der Waals surface area contributed by atoms with E-state index in [2.05, 4.69) is 18.7 Å². The Bertz CT molecular complexity index is 299. The van der Waals surface area contributed by atoms with E-state index < -0.39 is 11.4 Å². The molecule has 0 saturated carbocycles. The van der Waals surface area contributed by atoms with Crippen LogP contribution in [-0.4, -0.2) is 47.8 Å². The van der Waals surface area contributed by atoms with Gasteiger partial charge in [0.1, 0.15) is 5.41 Å². The van der Waals surface area contributed by atoms with Gasteiger partial charge in [-0.25, -0.2) is 0 Å². The van der Waals surface area contributed by atoms with E-state index in [0.29, 0.717) is 31.8 Å². The largest absolute Gasteiger partial charge is 0.481 e. The molecule has 3 unspecified atom stereocenters. The minimum absolute atomic E-state index is 0.377. The van der Waals surface area contributed by atoms with Crippen molar-refractivity contribution in [1.82, 2.24) is 4.90 Å². The van der Waals surface area contributed by atoms with Gasteiger partial charge < -0.3 is 9.84 Å². The molecular formula is C14H25NO3. The molecule has 0 aromatic rings. The molecule has 1 N–H and O–H groups in total. The zero-order valence-electron chi connectivity index (χ0n) is 11.5. The number of carboxylic acids is 1. The predicted octanol–water partition coefficient (Wildman–Crippen LogP) is 2.13. The molecule has 4 heteroatoms. The van der Waals surface area contributed by atoms with E-state index in [4.69, 9.17) is 4.74 Å². The summed E-state index contributed by atoms with van der Waals surface area (Å²) >= 11 is 0. The quantitative estimate of drug-likeness (QED) is 0.836. The van der Waals surface area contributed by atoms with Crippen molar-refractivity contribution in [3.8, 4) is 0 Å². The van der Waals surface area contributed by atoms with Crippen molar-refractivity contribution in [2.75, 3.05) is 19.8 Å². The average molecular weight is 255 g/mol. The van der Waals surface area contributed by atoms with Gasteiger partial charge in [-0.2, -0.15) is 0 Å². The molecule has 0 aromatic carbocycles. The zero-order valence-corrected chi connectivity index (χ0v) is 11.5. The highest BCUT2D eigenvalue weighted by Crippen LogP contribution is 2.35. The Morgan fingerprint density at radius 3 is 2.83 bits per heavy atom. The van der Waals surface area contributed by atoms with Crippen LogP contribution in [-0.2, 0) is 9.53 Å². The van der Waals surface area contributed by atoms with Crippen molar-refractivity contribution >= 4 is 5.97 Å². The first-order valence-electron chi connectivity index (χ1n) is 7.16. The molecule has 18 heavy (non-hydrogen) atoms. The monoisotopic (exact) mass is 255 g/mol. The highest BCUT2D eigenvalue weighted by atomic mass is 16.5. The van der Waals surface area contributed by atoms with E-state index in [1.54, 1.807) is 0 Å². The number of nitrogens with zero attached hydrogens (tertiary/aromatic N) is 1. The van der Waals surface area contributed by atoms with E-state index in [9.17, 15) is 9.90 Å². The van der Waals surface area contributed by atoms with Crippen LogP contribution in [0.25, 0.3) is 0 Å². The number of rotatable bonds is 4. The Hall–Kier alpha value is -0.610. The number of ether oxygens (including phenoxy) is 1. The molecule has 0 aromatic heterocycles. The summed E-state index contributed by atoms with van der Waals surface area (Å²) in [5, 5.41) is 9.59. The third-order valence-electron chi connectivity index (χ3n) is 4.69. The number of carbonyl (C=O) groups is 1. The van der Waals surface area contributed by atoms with Gasteiger partial charge in [-0.3, -0.25) is 9.69 Å². The second kappa shape index (κ2) is 5.57. The van der Waals surface area contributed by atoms with Gasteiger partial charge in [0, 0.05) is 25.2 Å². The van der Waals surface area contributed by atoms with Gasteiger partial charge in [-0.15, -0.1) is 0 Å². The lowest BCUT2D eigenvalue weighted by atomic mass is 9.81. The fourth-order valence-corrected chi connectivity index (χ4v) is 3.41. The highest BCUT2D eigenvalue weighted by Gasteiger charge is 2.45. The maximum absolute atomic E-state index is 11.7. The SMILES string of the molecule is CCC1CCC(C)N1CC1(C(=O)O)CCCOC1. The Morgan fingerprint density at radius 1 is 1.50 bits per heavy atom. The van der Waals surface area contributed by atoms with Crippen molar-refractivity contribution in [3.63, 3.8) is 0 Å². The van der Waals surface area contributed by atoms with Crippen molar-refractivity contribution in [1.29, 1.82) is 0 Å². The predicted molar refractivity (Wildman–Crippen MR) is 69.6 cm³/mol. The Balaban J connectivity index is 2.10. The molecule has 0 radical (unpaired) electrons. The molecule has 0 spiro atoms. The first kappa shape index (κ1) is 13.8. The minimum Gasteiger partial charge on any atom is -0.481 e. The lowest BCUT2D eigenvalue weighted by Crippen LogP contribution is -2.51. The molecule has 104 valence electrons. The smallest absolute Gasteiger partial charge is 0.313 e. The summed E-state index contributed by atoms with van der Waals surface area (Å²) in [6.45, 7) is 6.15. The first-order chi connectivity index (χ1) is 8.59. The molecule has 2 fully saturated rings. The Labute approximate surface area is 109 Å². The molecule has 2 rings (SSSR count). The Kier molecular flexibility index (Phi) is 4.28. The normalized spacial score (nSPS) is 37.9. The van der Waals surface area contributed by atoms with E-state index in [1.807, 2.05) is 0 Å². The van der Waals surface area contributed by atoms with Gasteiger partial charge >= 0.3 is 5.97 Å². The number of carboxylic acid groups (broad SMARTS) is 1. The number of hydrogen-bond donors (Lipinski definition) is 1. The van der Waals surface area contributed by atoms with Crippen LogP contribution in [0.4, 0.5) is 0 Å². The van der Waals surface area contributed by atoms with Gasteiger partial charge in [0.25, 0.3) is 0 Å². The van der Waals surface area contributed by atoms with E-state index >= 15 is 0 Å². The third kappa shape index (κ3) is 2.54. The Morgan fingerprint density at radius 2 is 2.28 bits per heavy atom. The van der Waals surface area contributed by atoms with Crippen LogP contribution in [0.5, 0.6) is 0 Å². The molecule has 0 aliphatic carbocycles. The van der Waals surface area contributed by atoms with Crippen LogP contribution >= 0.6 is 0 Å². The number of hydrogen-bond acceptors (Lipinski definition) is 3. The van der Waals surface area contributed by atoms with Crippen molar-refractivity contribution in [2.24, 2.45) is 5.41 Å². The lowest BCUT2D eigenvalue weighted by molar-refractivity contribution is -0.160. The summed E-state index contributed by atoms with van der Waals surface area (Å²) in [6.07, 6.45) is 5.12. The van der Waals surface area contributed by atoms with Crippen LogP contribution in [0.1, 0.15) is 46.0 Å². The topological polar surface area (TPSA) is 49.8 Å². The second-order valence-electron chi connectivity index (χ2n) is 5.90. The van der Waals surface area contributed by atoms with Crippen molar-refractivity contribution in [3.05, 3.63) is 0 Å². The van der Waals surface area contributed by atoms with Gasteiger partial charge in [0.15, 0.2) is 0 Å². The summed E-state index contributed by atoms with van der Waals surface area (Å²) < 4.78 is 5.45. The summed E-state index contributed by atoms with van der Waals surface area (Å²) in [6, 6.07) is 1.06. The van der Waals surface area contributed by atoms with Gasteiger partial charge in [0.2, 0.25) is 0 Å². The molecule has 2 aliphatic heterocycles. The van der Waals surface area contributed by atoms with Gasteiger partial charge in [-0.1, -0.05) is 6.92 Å². The summed E-state index contributed by atoms with van der Waals surface area (Å²) in [5.41, 5.74) is -0.676. The summed E-state index contributed by atoms with van der Waals surface area (Å²) in [4.78, 5) is 14.1. The molecule has 0 amide bonds. The fourth-order valence-electron chi connectivity index (χ4n) is 3.41. The first-order valence-corrected chi connectivity index (χ1v) is 7.16. The maximum Gasteiger partial charge on any atom is 0.313 e. The average Bonchev–Trinajstić information content (AvgIpc) is 2.71. The molecule has 4 nitrogen and oxygen atoms in total. The molecule has 3 atom stereocenters. The fraction of sp³-hybridized carbons (Fsp3) is 0.929.